The van der Waals surface area contributed by atoms with Gasteiger partial charge in [-0.2, -0.15) is 0 Å². The van der Waals surface area contributed by atoms with Gasteiger partial charge < -0.3 is 20.5 Å². The maximum Gasteiger partial charge on any atom is 0.323 e. The van der Waals surface area contributed by atoms with Crippen molar-refractivity contribution >= 4 is 39.8 Å². The average molecular weight is 417 g/mol. The number of H-pyrrole nitrogens is 1. The Morgan fingerprint density at radius 1 is 1.03 bits per heavy atom. The Bertz CT molecular complexity index is 1110. The van der Waals surface area contributed by atoms with Crippen molar-refractivity contribution in [3.63, 3.8) is 0 Å². The van der Waals surface area contributed by atoms with Gasteiger partial charge in [-0.05, 0) is 67.6 Å². The molecule has 0 saturated carbocycles. The van der Waals surface area contributed by atoms with Crippen LogP contribution in [0.3, 0.4) is 0 Å². The van der Waals surface area contributed by atoms with Gasteiger partial charge in [-0.1, -0.05) is 24.3 Å². The van der Waals surface area contributed by atoms with Gasteiger partial charge in [-0.25, -0.2) is 4.79 Å². The number of hydrogen-bond donors (Lipinski definition) is 3. The van der Waals surface area contributed by atoms with Crippen molar-refractivity contribution in [3.8, 4) is 0 Å². The number of urea groups is 1. The van der Waals surface area contributed by atoms with Crippen LogP contribution in [0.15, 0.2) is 55.2 Å². The van der Waals surface area contributed by atoms with E-state index in [1.165, 1.54) is 0 Å². The zero-order chi connectivity index (χ0) is 21.8. The molecule has 1 aromatic heterocycles. The summed E-state index contributed by atoms with van der Waals surface area (Å²) >= 11 is 0. The molecule has 2 aromatic carbocycles. The summed E-state index contributed by atoms with van der Waals surface area (Å²) in [7, 11) is 0. The first-order chi connectivity index (χ1) is 15.0. The molecule has 4 rings (SSSR count). The smallest absolute Gasteiger partial charge is 0.323 e. The molecule has 1 fully saturated rings. The number of carbonyl (C=O) groups excluding carboxylic acids is 2. The lowest BCUT2D eigenvalue weighted by Gasteiger charge is -2.14. The van der Waals surface area contributed by atoms with Crippen molar-refractivity contribution in [1.82, 2.24) is 9.88 Å². The number of hydrogen-bond acceptors (Lipinski definition) is 2. The largest absolute Gasteiger partial charge is 0.361 e. The first kappa shape index (κ1) is 20.7. The summed E-state index contributed by atoms with van der Waals surface area (Å²) in [5, 5.41) is 6.76. The van der Waals surface area contributed by atoms with Crippen LogP contribution >= 0.6 is 0 Å². The Morgan fingerprint density at radius 2 is 1.71 bits per heavy atom. The summed E-state index contributed by atoms with van der Waals surface area (Å²) in [5.74, 6) is 0.221. The first-order valence-electron chi connectivity index (χ1n) is 10.7. The number of amides is 3. The van der Waals surface area contributed by atoms with Crippen LogP contribution in [0.5, 0.6) is 0 Å². The van der Waals surface area contributed by atoms with Crippen LogP contribution in [0, 0.1) is 0 Å². The van der Waals surface area contributed by atoms with E-state index in [1.54, 1.807) is 0 Å². The molecule has 6 nitrogen and oxygen atoms in total. The van der Waals surface area contributed by atoms with Gasteiger partial charge in [0.15, 0.2) is 0 Å². The van der Waals surface area contributed by atoms with Crippen LogP contribution in [0.4, 0.5) is 16.2 Å². The fourth-order valence-electron chi connectivity index (χ4n) is 3.96. The number of nitrogens with one attached hydrogen (secondary N) is 3. The van der Waals surface area contributed by atoms with Crippen molar-refractivity contribution in [2.75, 3.05) is 23.7 Å². The third-order valence-corrected chi connectivity index (χ3v) is 5.73. The highest BCUT2D eigenvalue weighted by Crippen LogP contribution is 2.24. The first-order valence-corrected chi connectivity index (χ1v) is 10.7. The SMILES string of the molecule is C=C(C)c1ccc(NC(=O)Nc2ccc3[nH]cc(CCC(=O)N4CCCC4)c3c2)cc1. The molecule has 3 amide bonds. The second kappa shape index (κ2) is 9.08. The van der Waals surface area contributed by atoms with Gasteiger partial charge in [0.2, 0.25) is 5.91 Å². The van der Waals surface area contributed by atoms with Gasteiger partial charge in [0.05, 0.1) is 0 Å². The van der Waals surface area contributed by atoms with E-state index in [1.807, 2.05) is 60.5 Å². The lowest BCUT2D eigenvalue weighted by atomic mass is 10.1. The van der Waals surface area contributed by atoms with E-state index in [0.29, 0.717) is 24.2 Å². The molecule has 0 bridgehead atoms. The van der Waals surface area contributed by atoms with Gasteiger partial charge in [-0.15, -0.1) is 0 Å². The molecule has 2 heterocycles. The van der Waals surface area contributed by atoms with Crippen molar-refractivity contribution < 1.29 is 9.59 Å². The molecule has 0 spiro atoms. The summed E-state index contributed by atoms with van der Waals surface area (Å²) in [4.78, 5) is 30.0. The molecule has 0 aliphatic carbocycles. The number of rotatable bonds is 6. The highest BCUT2D eigenvalue weighted by atomic mass is 16.2. The van der Waals surface area contributed by atoms with E-state index in [0.717, 1.165) is 53.5 Å². The molecule has 3 aromatic rings. The highest BCUT2D eigenvalue weighted by Gasteiger charge is 2.18. The number of fused-ring (bicyclic) bond motifs is 1. The molecule has 0 radical (unpaired) electrons. The van der Waals surface area contributed by atoms with E-state index in [9.17, 15) is 9.59 Å². The highest BCUT2D eigenvalue weighted by molar-refractivity contribution is 6.01. The number of aromatic amines is 1. The van der Waals surface area contributed by atoms with E-state index >= 15 is 0 Å². The predicted molar refractivity (Wildman–Crippen MR) is 126 cm³/mol. The Kier molecular flexibility index (Phi) is 6.07. The van der Waals surface area contributed by atoms with Crippen molar-refractivity contribution in [1.29, 1.82) is 0 Å². The number of allylic oxidation sites excluding steroid dienone is 1. The standard InChI is InChI=1S/C25H28N4O2/c1-17(2)18-5-8-20(9-6-18)27-25(31)28-21-10-11-23-22(15-21)19(16-26-23)7-12-24(30)29-13-3-4-14-29/h5-6,8-11,15-16,26H,1,3-4,7,12-14H2,2H3,(H2,27,28,31). The minimum absolute atomic E-state index is 0.221. The lowest BCUT2D eigenvalue weighted by molar-refractivity contribution is -0.130. The second-order valence-corrected chi connectivity index (χ2v) is 8.10. The van der Waals surface area contributed by atoms with Gasteiger partial charge in [0.25, 0.3) is 0 Å². The zero-order valence-corrected chi connectivity index (χ0v) is 17.8. The average Bonchev–Trinajstić information content (AvgIpc) is 3.42. The molecule has 3 N–H and O–H groups in total. The van der Waals surface area contributed by atoms with Crippen molar-refractivity contribution in [2.45, 2.75) is 32.6 Å². The van der Waals surface area contributed by atoms with Crippen LogP contribution in [0.25, 0.3) is 16.5 Å². The number of aryl methyl sites for hydroxylation is 1. The molecule has 0 unspecified atom stereocenters. The number of carbonyl (C=O) groups is 2. The van der Waals surface area contributed by atoms with Crippen molar-refractivity contribution in [3.05, 3.63) is 66.4 Å². The van der Waals surface area contributed by atoms with E-state index in [2.05, 4.69) is 22.2 Å². The molecule has 1 saturated heterocycles. The fourth-order valence-corrected chi connectivity index (χ4v) is 3.96. The van der Waals surface area contributed by atoms with E-state index in [-0.39, 0.29) is 11.9 Å². The Morgan fingerprint density at radius 3 is 2.42 bits per heavy atom. The van der Waals surface area contributed by atoms with Crippen LogP contribution in [-0.4, -0.2) is 34.9 Å². The fraction of sp³-hybridized carbons (Fsp3) is 0.280. The Hall–Kier alpha value is -3.54. The quantitative estimate of drug-likeness (QED) is 0.503. The third kappa shape index (κ3) is 4.97. The topological polar surface area (TPSA) is 77.2 Å². The predicted octanol–water partition coefficient (Wildman–Crippen LogP) is 5.40. The Labute approximate surface area is 182 Å². The normalized spacial score (nSPS) is 13.4. The number of aromatic nitrogens is 1. The van der Waals surface area contributed by atoms with Gasteiger partial charge >= 0.3 is 6.03 Å². The summed E-state index contributed by atoms with van der Waals surface area (Å²) in [5.41, 5.74) is 5.52. The van der Waals surface area contributed by atoms with Crippen LogP contribution in [-0.2, 0) is 11.2 Å². The molecule has 0 atom stereocenters. The summed E-state index contributed by atoms with van der Waals surface area (Å²) < 4.78 is 0. The molecular formula is C25H28N4O2. The van der Waals surface area contributed by atoms with E-state index < -0.39 is 0 Å². The molecule has 31 heavy (non-hydrogen) atoms. The van der Waals surface area contributed by atoms with Crippen LogP contribution < -0.4 is 10.6 Å². The molecule has 160 valence electrons. The van der Waals surface area contributed by atoms with Crippen LogP contribution in [0.1, 0.15) is 37.3 Å². The third-order valence-electron chi connectivity index (χ3n) is 5.73. The number of likely N-dealkylation sites (tertiary alicyclic amines) is 1. The number of anilines is 2. The monoisotopic (exact) mass is 416 g/mol. The molecule has 1 aliphatic heterocycles. The number of nitrogens with zero attached hydrogens (tertiary/aromatic N) is 1. The molecule has 6 heteroatoms. The molecule has 1 aliphatic rings. The van der Waals surface area contributed by atoms with Gasteiger partial charge in [0, 0.05) is 48.0 Å². The number of benzene rings is 2. The zero-order valence-electron chi connectivity index (χ0n) is 17.8. The van der Waals surface area contributed by atoms with Gasteiger partial charge in [-0.3, -0.25) is 4.79 Å². The second-order valence-electron chi connectivity index (χ2n) is 8.10. The minimum Gasteiger partial charge on any atom is -0.361 e. The Balaban J connectivity index is 1.39. The van der Waals surface area contributed by atoms with Crippen molar-refractivity contribution in [2.24, 2.45) is 0 Å². The maximum atomic E-state index is 12.4. The van der Waals surface area contributed by atoms with Gasteiger partial charge in [0.1, 0.15) is 0 Å². The summed E-state index contributed by atoms with van der Waals surface area (Å²) in [6.45, 7) is 7.63. The maximum absolute atomic E-state index is 12.4. The lowest BCUT2D eigenvalue weighted by Crippen LogP contribution is -2.27. The minimum atomic E-state index is -0.302. The van der Waals surface area contributed by atoms with E-state index in [4.69, 9.17) is 0 Å². The summed E-state index contributed by atoms with van der Waals surface area (Å²) in [6.07, 6.45) is 5.35. The van der Waals surface area contributed by atoms with Crippen LogP contribution in [0.2, 0.25) is 0 Å². The summed E-state index contributed by atoms with van der Waals surface area (Å²) in [6, 6.07) is 13.0. The molecular weight excluding hydrogens is 388 g/mol.